The molecule has 0 aliphatic carbocycles. The molecule has 4 atom stereocenters. The average Bonchev–Trinajstić information content (AvgIpc) is 3.52. The predicted octanol–water partition coefficient (Wildman–Crippen LogP) is 5.74. The van der Waals surface area contributed by atoms with Crippen LogP contribution in [0, 0.1) is 5.92 Å². The molecule has 2 N–H and O–H groups in total. The number of nitrogens with zero attached hydrogens (tertiary/aromatic N) is 3. The molecule has 2 aliphatic heterocycles. The summed E-state index contributed by atoms with van der Waals surface area (Å²) in [6, 6.07) is 34.1. The number of benzene rings is 4. The van der Waals surface area contributed by atoms with Crippen LogP contribution < -0.4 is 9.80 Å². The van der Waals surface area contributed by atoms with E-state index in [1.165, 1.54) is 0 Å². The Labute approximate surface area is 288 Å². The van der Waals surface area contributed by atoms with Crippen LogP contribution in [0.4, 0.5) is 17.1 Å². The normalized spacial score (nSPS) is 21.5. The summed E-state index contributed by atoms with van der Waals surface area (Å²) in [5.74, 6) is -0.838. The number of carbonyl (C=O) groups is 3. The predicted molar refractivity (Wildman–Crippen MR) is 191 cm³/mol. The topological polar surface area (TPSA) is 111 Å². The smallest absolute Gasteiger partial charge is 0.264 e. The first-order valence-corrected chi connectivity index (χ1v) is 19.7. The molecule has 4 aromatic rings. The van der Waals surface area contributed by atoms with Crippen LogP contribution in [0.25, 0.3) is 0 Å². The van der Waals surface area contributed by atoms with Gasteiger partial charge in [-0.1, -0.05) is 85.8 Å². The van der Waals surface area contributed by atoms with Crippen molar-refractivity contribution in [3.05, 3.63) is 126 Å². The number of hydrogen-bond acceptors (Lipinski definition) is 6. The van der Waals surface area contributed by atoms with E-state index in [1.54, 1.807) is 14.7 Å². The van der Waals surface area contributed by atoms with Gasteiger partial charge in [0.05, 0.1) is 31.4 Å². The van der Waals surface area contributed by atoms with Gasteiger partial charge >= 0.3 is 0 Å². The second kappa shape index (κ2) is 14.1. The summed E-state index contributed by atoms with van der Waals surface area (Å²) < 4.78 is 6.86. The largest absolute Gasteiger partial charge is 0.432 e. The maximum Gasteiger partial charge on any atom is 0.264 e. The number of fused-ring (bicyclic) bond motifs is 2. The number of amides is 3. The first-order chi connectivity index (χ1) is 23.6. The van der Waals surface area contributed by atoms with Gasteiger partial charge in [0.25, 0.3) is 5.91 Å². The maximum absolute atomic E-state index is 14.7. The van der Waals surface area contributed by atoms with Crippen molar-refractivity contribution in [2.24, 2.45) is 5.92 Å². The number of aliphatic hydroxyl groups excluding tert-OH is 1. The average molecular weight is 678 g/mol. The van der Waals surface area contributed by atoms with E-state index in [0.717, 1.165) is 34.5 Å². The van der Waals surface area contributed by atoms with E-state index in [1.807, 2.05) is 129 Å². The lowest BCUT2D eigenvalue weighted by Crippen LogP contribution is -2.46. The zero-order valence-corrected chi connectivity index (χ0v) is 29.1. The van der Waals surface area contributed by atoms with Crippen molar-refractivity contribution in [3.8, 4) is 0 Å². The van der Waals surface area contributed by atoms with Crippen molar-refractivity contribution >= 4 is 43.6 Å². The zero-order chi connectivity index (χ0) is 34.8. The molecule has 1 spiro atoms. The Balaban J connectivity index is 1.28. The van der Waals surface area contributed by atoms with Crippen molar-refractivity contribution in [2.45, 2.75) is 56.8 Å². The third-order valence-electron chi connectivity index (χ3n) is 9.90. The molecule has 0 bridgehead atoms. The lowest BCUT2D eigenvalue weighted by molar-refractivity contribution is -0.150. The zero-order valence-electron chi connectivity index (χ0n) is 28.1. The number of anilines is 3. The van der Waals surface area contributed by atoms with E-state index in [-0.39, 0.29) is 37.9 Å². The Morgan fingerprint density at radius 3 is 2.14 bits per heavy atom. The molecule has 1 saturated heterocycles. The Kier molecular flexibility index (Phi) is 9.85. The molecule has 2 aliphatic rings. The van der Waals surface area contributed by atoms with E-state index in [0.29, 0.717) is 12.2 Å². The van der Waals surface area contributed by atoms with E-state index in [4.69, 9.17) is 4.74 Å². The number of ether oxygens (including phenoxy) is 1. The summed E-state index contributed by atoms with van der Waals surface area (Å²) in [7, 11) is -2.98. The number of para-hydroxylation sites is 2. The van der Waals surface area contributed by atoms with Gasteiger partial charge in [0.15, 0.2) is 13.9 Å². The van der Waals surface area contributed by atoms with E-state index < -0.39 is 31.5 Å². The highest BCUT2D eigenvalue weighted by Gasteiger charge is 2.66. The molecule has 2 heterocycles. The number of carbonyl (C=O) groups excluding carboxylic acids is 3. The fourth-order valence-electron chi connectivity index (χ4n) is 7.71. The van der Waals surface area contributed by atoms with Gasteiger partial charge in [-0.3, -0.25) is 19.3 Å². The van der Waals surface area contributed by atoms with Crippen molar-refractivity contribution in [3.63, 3.8) is 0 Å². The third kappa shape index (κ3) is 6.57. The van der Waals surface area contributed by atoms with Crippen molar-refractivity contribution in [1.29, 1.82) is 0 Å². The summed E-state index contributed by atoms with van der Waals surface area (Å²) in [4.78, 5) is 57.1. The Bertz CT molecular complexity index is 1780. The minimum absolute atomic E-state index is 0.0217. The molecule has 1 fully saturated rings. The molecular weight excluding hydrogens is 635 g/mol. The molecule has 0 aromatic heterocycles. The monoisotopic (exact) mass is 677 g/mol. The molecular formula is C39H43N3O6Si. The molecule has 9 nitrogen and oxygen atoms in total. The van der Waals surface area contributed by atoms with Gasteiger partial charge in [0.1, 0.15) is 0 Å². The molecule has 3 amide bonds. The maximum atomic E-state index is 14.7. The molecule has 6 rings (SSSR count). The van der Waals surface area contributed by atoms with E-state index >= 15 is 0 Å². The van der Waals surface area contributed by atoms with Crippen LogP contribution in [-0.2, 0) is 37.8 Å². The fourth-order valence-corrected chi connectivity index (χ4v) is 10.3. The molecule has 49 heavy (non-hydrogen) atoms. The Morgan fingerprint density at radius 2 is 1.51 bits per heavy atom. The minimum Gasteiger partial charge on any atom is -0.432 e. The lowest BCUT2D eigenvalue weighted by Gasteiger charge is -2.32. The first-order valence-electron chi connectivity index (χ1n) is 16.7. The summed E-state index contributed by atoms with van der Waals surface area (Å²) >= 11 is 0. The second-order valence-electron chi connectivity index (χ2n) is 13.5. The van der Waals surface area contributed by atoms with Crippen molar-refractivity contribution in [1.82, 2.24) is 4.90 Å². The van der Waals surface area contributed by atoms with Gasteiger partial charge in [0, 0.05) is 41.5 Å². The Hall–Kier alpha value is -4.61. The number of rotatable bonds is 12. The van der Waals surface area contributed by atoms with E-state index in [2.05, 4.69) is 0 Å². The highest BCUT2D eigenvalue weighted by Crippen LogP contribution is 2.59. The van der Waals surface area contributed by atoms with Crippen LogP contribution in [0.3, 0.4) is 0 Å². The quantitative estimate of drug-likeness (QED) is 0.146. The molecule has 0 unspecified atom stereocenters. The molecule has 4 aromatic carbocycles. The summed E-state index contributed by atoms with van der Waals surface area (Å²) in [6.07, 6.45) is 0.0581. The SMILES string of the molecule is C[C@@H]1[C@@H]([Si](C)(C)O)[C@H](CC(=O)N(CCO)Cc2ccccc2)O[C@@]12C(=O)N(Cc1ccc(N(C=O)c3ccccc3)cc1)c1ccccc12. The van der Waals surface area contributed by atoms with Gasteiger partial charge in [-0.2, -0.15) is 0 Å². The van der Waals surface area contributed by atoms with E-state index in [9.17, 15) is 24.3 Å². The van der Waals surface area contributed by atoms with Gasteiger partial charge in [0.2, 0.25) is 12.3 Å². The van der Waals surface area contributed by atoms with Crippen LogP contribution >= 0.6 is 0 Å². The highest BCUT2D eigenvalue weighted by atomic mass is 28.4. The van der Waals surface area contributed by atoms with Crippen LogP contribution in [0.2, 0.25) is 18.6 Å². The molecule has 254 valence electrons. The summed E-state index contributed by atoms with van der Waals surface area (Å²) in [6.45, 7) is 6.22. The van der Waals surface area contributed by atoms with Gasteiger partial charge in [-0.15, -0.1) is 0 Å². The summed E-state index contributed by atoms with van der Waals surface area (Å²) in [5.41, 5.74) is 2.95. The van der Waals surface area contributed by atoms with Crippen LogP contribution in [0.15, 0.2) is 109 Å². The van der Waals surface area contributed by atoms with Crippen molar-refractivity contribution in [2.75, 3.05) is 23.0 Å². The van der Waals surface area contributed by atoms with Crippen molar-refractivity contribution < 1.29 is 29.0 Å². The molecule has 0 saturated carbocycles. The second-order valence-corrected chi connectivity index (χ2v) is 17.4. The fraction of sp³-hybridized carbons (Fsp3) is 0.308. The standard InChI is InChI=1S/C39H43N3O6Si/c1-28-37(49(2,3)47)35(24-36(45)40(22-23-43)25-29-12-6-4-7-13-29)48-39(28)33-16-10-11-17-34(33)41(38(39)46)26-30-18-20-32(21-19-30)42(27-44)31-14-8-5-9-15-31/h4-21,27-28,35,37,43,47H,22-26H2,1-3H3/t28-,35+,37-,39+/m1/s1. The molecule has 10 heteroatoms. The van der Waals surface area contributed by atoms with Crippen LogP contribution in [-0.4, -0.2) is 60.6 Å². The number of aliphatic hydroxyl groups is 1. The van der Waals surface area contributed by atoms with Crippen LogP contribution in [0.1, 0.15) is 30.0 Å². The number of hydrogen-bond donors (Lipinski definition) is 2. The van der Waals surface area contributed by atoms with Gasteiger partial charge < -0.3 is 24.4 Å². The van der Waals surface area contributed by atoms with Gasteiger partial charge in [-0.25, -0.2) is 0 Å². The third-order valence-corrected chi connectivity index (χ3v) is 12.4. The summed E-state index contributed by atoms with van der Waals surface area (Å²) in [5, 5.41) is 9.79. The first kappa shape index (κ1) is 34.3. The van der Waals surface area contributed by atoms with Gasteiger partial charge in [-0.05, 0) is 54.6 Å². The lowest BCUT2D eigenvalue weighted by atomic mass is 9.82. The Morgan fingerprint density at radius 1 is 0.898 bits per heavy atom. The minimum atomic E-state index is -2.98. The molecule has 0 radical (unpaired) electrons. The highest BCUT2D eigenvalue weighted by molar-refractivity contribution is 6.71. The van der Waals surface area contributed by atoms with Crippen LogP contribution in [0.5, 0.6) is 0 Å².